The fourth-order valence-corrected chi connectivity index (χ4v) is 8.00. The first-order chi connectivity index (χ1) is 26.4. The predicted octanol–water partition coefficient (Wildman–Crippen LogP) is 10.4. The number of esters is 1. The van der Waals surface area contributed by atoms with Gasteiger partial charge in [0.15, 0.2) is 20.2 Å². The van der Waals surface area contributed by atoms with Crippen molar-refractivity contribution >= 4 is 26.1 Å². The first-order valence-corrected chi connectivity index (χ1v) is 23.0. The molecule has 1 fully saturated rings. The van der Waals surface area contributed by atoms with E-state index in [1.165, 1.54) is 12.3 Å². The molecule has 0 N–H and O–H groups in total. The number of oxazole rings is 1. The summed E-state index contributed by atoms with van der Waals surface area (Å²) in [6.07, 6.45) is 10.4. The van der Waals surface area contributed by atoms with Crippen molar-refractivity contribution in [3.05, 3.63) is 78.1 Å². The number of carbonyl (C=O) groups excluding carboxylic acids is 2. The maximum absolute atomic E-state index is 13.8. The average Bonchev–Trinajstić information content (AvgIpc) is 3.61. The van der Waals surface area contributed by atoms with Crippen molar-refractivity contribution in [3.63, 3.8) is 0 Å². The number of hydrogen-bond acceptors (Lipinski definition) is 10. The van der Waals surface area contributed by atoms with Gasteiger partial charge < -0.3 is 32.5 Å². The van der Waals surface area contributed by atoms with Gasteiger partial charge in [-0.15, -0.1) is 6.58 Å². The molecule has 0 bridgehead atoms. The third kappa shape index (κ3) is 14.5. The molecule has 10 nitrogen and oxygen atoms in total. The second kappa shape index (κ2) is 22.0. The number of methoxy groups -OCH3 is 2. The van der Waals surface area contributed by atoms with Gasteiger partial charge >= 0.3 is 5.97 Å². The fourth-order valence-electron chi connectivity index (χ4n) is 6.56. The van der Waals surface area contributed by atoms with E-state index < -0.39 is 26.3 Å². The Hall–Kier alpha value is -3.35. The average molecular weight is 796 g/mol. The lowest BCUT2D eigenvalue weighted by atomic mass is 9.87. The Labute approximate surface area is 337 Å². The van der Waals surface area contributed by atoms with E-state index >= 15 is 0 Å². The summed E-state index contributed by atoms with van der Waals surface area (Å²) in [5.41, 5.74) is 2.39. The van der Waals surface area contributed by atoms with Crippen molar-refractivity contribution in [1.29, 1.82) is 0 Å². The largest absolute Gasteiger partial charge is 0.497 e. The Morgan fingerprint density at radius 3 is 2.36 bits per heavy atom. The number of benzene rings is 1. The van der Waals surface area contributed by atoms with Gasteiger partial charge in [-0.3, -0.25) is 9.59 Å². The minimum absolute atomic E-state index is 0.00752. The van der Waals surface area contributed by atoms with Gasteiger partial charge in [0.25, 0.3) is 0 Å². The first-order valence-electron chi connectivity index (χ1n) is 20.1. The molecular formula is C45H69NO9Si. The van der Waals surface area contributed by atoms with Crippen LogP contribution in [0.25, 0.3) is 6.08 Å². The zero-order valence-corrected chi connectivity index (χ0v) is 37.1. The van der Waals surface area contributed by atoms with E-state index in [-0.39, 0.29) is 53.7 Å². The molecular weight excluding hydrogens is 727 g/mol. The molecule has 11 heteroatoms. The van der Waals surface area contributed by atoms with Crippen LogP contribution in [0.1, 0.15) is 117 Å². The van der Waals surface area contributed by atoms with Crippen molar-refractivity contribution in [2.75, 3.05) is 14.2 Å². The van der Waals surface area contributed by atoms with Gasteiger partial charge in [0.1, 0.15) is 17.7 Å². The molecule has 1 aliphatic heterocycles. The van der Waals surface area contributed by atoms with E-state index in [2.05, 4.69) is 52.4 Å². The van der Waals surface area contributed by atoms with Crippen LogP contribution in [0.2, 0.25) is 18.1 Å². The summed E-state index contributed by atoms with van der Waals surface area (Å²) in [5, 5.41) is -0.0171. The molecule has 312 valence electrons. The number of carbonyl (C=O) groups is 2. The molecule has 1 aromatic carbocycles. The van der Waals surface area contributed by atoms with Crippen LogP contribution in [0, 0.1) is 11.8 Å². The number of allylic oxidation sites excluding steroid dienone is 2. The highest BCUT2D eigenvalue weighted by molar-refractivity contribution is 6.74. The van der Waals surface area contributed by atoms with Gasteiger partial charge in [0.2, 0.25) is 5.89 Å². The van der Waals surface area contributed by atoms with Crippen molar-refractivity contribution in [2.45, 2.75) is 155 Å². The predicted molar refractivity (Wildman–Crippen MR) is 224 cm³/mol. The molecule has 0 amide bonds. The molecule has 2 heterocycles. The van der Waals surface area contributed by atoms with Crippen LogP contribution in [0.3, 0.4) is 0 Å². The summed E-state index contributed by atoms with van der Waals surface area (Å²) in [4.78, 5) is 31.2. The number of ether oxygens (including phenoxy) is 5. The zero-order chi connectivity index (χ0) is 41.6. The van der Waals surface area contributed by atoms with Gasteiger partial charge in [-0.1, -0.05) is 58.9 Å². The molecule has 0 spiro atoms. The molecule has 1 saturated heterocycles. The minimum Gasteiger partial charge on any atom is -0.497 e. The van der Waals surface area contributed by atoms with Crippen molar-refractivity contribution in [1.82, 2.24) is 4.98 Å². The number of nitrogens with zero attached hydrogens (tertiary/aromatic N) is 1. The van der Waals surface area contributed by atoms with Crippen LogP contribution in [0.15, 0.2) is 65.3 Å². The lowest BCUT2D eigenvalue weighted by Gasteiger charge is -2.43. The van der Waals surface area contributed by atoms with Gasteiger partial charge in [0, 0.05) is 19.6 Å². The number of aromatic nitrogens is 1. The molecule has 0 saturated carbocycles. The van der Waals surface area contributed by atoms with E-state index in [0.29, 0.717) is 31.0 Å². The zero-order valence-electron chi connectivity index (χ0n) is 36.1. The Bertz CT molecular complexity index is 1590. The van der Waals surface area contributed by atoms with Crippen LogP contribution in [0.4, 0.5) is 0 Å². The second-order valence-corrected chi connectivity index (χ2v) is 21.7. The molecule has 0 aliphatic carbocycles. The van der Waals surface area contributed by atoms with E-state index in [1.807, 2.05) is 51.1 Å². The molecule has 56 heavy (non-hydrogen) atoms. The lowest BCUT2D eigenvalue weighted by molar-refractivity contribution is -0.156. The van der Waals surface area contributed by atoms with Gasteiger partial charge in [-0.05, 0) is 99.9 Å². The molecule has 0 radical (unpaired) electrons. The second-order valence-electron chi connectivity index (χ2n) is 16.9. The molecule has 8 atom stereocenters. The van der Waals surface area contributed by atoms with E-state index in [1.54, 1.807) is 33.3 Å². The van der Waals surface area contributed by atoms with Crippen LogP contribution in [0.5, 0.6) is 5.75 Å². The third-order valence-corrected chi connectivity index (χ3v) is 15.7. The highest BCUT2D eigenvalue weighted by Gasteiger charge is 2.42. The van der Waals surface area contributed by atoms with E-state index in [4.69, 9.17) is 32.5 Å². The van der Waals surface area contributed by atoms with E-state index in [9.17, 15) is 9.59 Å². The number of ketones is 1. The Balaban J connectivity index is 1.79. The van der Waals surface area contributed by atoms with Crippen LogP contribution < -0.4 is 4.74 Å². The Kier molecular flexibility index (Phi) is 18.5. The summed E-state index contributed by atoms with van der Waals surface area (Å²) >= 11 is 0. The molecule has 1 aromatic heterocycles. The SMILES string of the molecule is C=CC[C@@H]1C[C@H](OCc2ccc(OC)cc2)C[C@H](C[C@H](O[Si](C)(C)C(C)(C)C)[C@@H](C)C[C@H](C)C(=O)O[C@@H](CC(=O)/C=C/C)c2coc(/C=C(/C)[C@@H](C)OC)n2)O1. The minimum atomic E-state index is -2.23. The van der Waals surface area contributed by atoms with Gasteiger partial charge in [0.05, 0.1) is 56.6 Å². The van der Waals surface area contributed by atoms with Crippen LogP contribution in [-0.4, -0.2) is 69.8 Å². The summed E-state index contributed by atoms with van der Waals surface area (Å²) in [5.74, 6) is 0.0972. The normalized spacial score (nSPS) is 20.9. The summed E-state index contributed by atoms with van der Waals surface area (Å²) < 4.78 is 42.8. The summed E-state index contributed by atoms with van der Waals surface area (Å²) in [6, 6.07) is 7.96. The Morgan fingerprint density at radius 1 is 1.07 bits per heavy atom. The van der Waals surface area contributed by atoms with Gasteiger partial charge in [-0.2, -0.15) is 0 Å². The first kappa shape index (κ1) is 47.0. The molecule has 2 aromatic rings. The van der Waals surface area contributed by atoms with Crippen molar-refractivity contribution < 1.29 is 42.1 Å². The molecule has 1 aliphatic rings. The smallest absolute Gasteiger partial charge is 0.309 e. The Morgan fingerprint density at radius 2 is 1.75 bits per heavy atom. The summed E-state index contributed by atoms with van der Waals surface area (Å²) in [7, 11) is 1.07. The topological polar surface area (TPSA) is 116 Å². The number of hydrogen-bond donors (Lipinski definition) is 0. The fraction of sp³-hybridized carbons (Fsp3) is 0.622. The highest BCUT2D eigenvalue weighted by Crippen LogP contribution is 2.40. The van der Waals surface area contributed by atoms with Crippen molar-refractivity contribution in [3.8, 4) is 5.75 Å². The number of rotatable bonds is 22. The van der Waals surface area contributed by atoms with E-state index in [0.717, 1.165) is 36.1 Å². The maximum Gasteiger partial charge on any atom is 0.309 e. The van der Waals surface area contributed by atoms with Crippen molar-refractivity contribution in [2.24, 2.45) is 11.8 Å². The molecule has 3 rings (SSSR count). The quantitative estimate of drug-likeness (QED) is 0.0494. The lowest BCUT2D eigenvalue weighted by Crippen LogP contribution is -2.48. The van der Waals surface area contributed by atoms with Gasteiger partial charge in [-0.25, -0.2) is 4.98 Å². The maximum atomic E-state index is 13.8. The van der Waals surface area contributed by atoms with Crippen LogP contribution in [-0.2, 0) is 39.6 Å². The summed E-state index contributed by atoms with van der Waals surface area (Å²) in [6.45, 7) is 25.4. The highest BCUT2D eigenvalue weighted by atomic mass is 28.4. The third-order valence-electron chi connectivity index (χ3n) is 11.2. The molecule has 0 unspecified atom stereocenters. The van der Waals surface area contributed by atoms with Crippen LogP contribution >= 0.6 is 0 Å². The standard InChI is InChI=1S/C45H69NO9Si/c1-14-16-35(47)24-42(40-29-52-43(46-40)23-30(3)33(6)49-10)54-44(48)32(5)22-31(4)41(55-56(12,13)45(7,8)9)27-39-26-38(25-37(53-39)17-15-2)51-28-34-18-20-36(50-11)21-19-34/h14-16,18-21,23,29,31-33,37-39,41-42H,2,17,22,24-28H2,1,3-13H3/b16-14+,30-23-/t31-,32-,33+,37+,38-,39+,41-,42-/m0/s1. The monoisotopic (exact) mass is 795 g/mol.